The molecule has 0 saturated heterocycles. The van der Waals surface area contributed by atoms with Crippen LogP contribution in [0, 0.1) is 0 Å². The molecule has 25 heavy (non-hydrogen) atoms. The standard InChI is InChI=1S/C21H22Cl2N2/c22-19-12-11-17(14-20(19)23)13-18-15-24-21(25-18)10-6-2-5-9-16-7-3-1-4-8-16/h1,3-4,7-8,11-12,14-15H,2,5-6,9-10,13H2,(H,24,25). The van der Waals surface area contributed by atoms with E-state index < -0.39 is 0 Å². The van der Waals surface area contributed by atoms with Crippen LogP contribution in [0.4, 0.5) is 0 Å². The molecule has 1 heterocycles. The molecule has 0 saturated carbocycles. The van der Waals surface area contributed by atoms with Crippen LogP contribution < -0.4 is 0 Å². The van der Waals surface area contributed by atoms with Gasteiger partial charge in [-0.25, -0.2) is 4.98 Å². The highest BCUT2D eigenvalue weighted by molar-refractivity contribution is 6.42. The Bertz CT molecular complexity index is 797. The van der Waals surface area contributed by atoms with Crippen molar-refractivity contribution >= 4 is 23.2 Å². The Hall–Kier alpha value is -1.77. The molecule has 0 amide bonds. The number of aromatic nitrogens is 2. The van der Waals surface area contributed by atoms with E-state index in [2.05, 4.69) is 40.3 Å². The van der Waals surface area contributed by atoms with E-state index in [0.717, 1.165) is 42.8 Å². The van der Waals surface area contributed by atoms with E-state index in [1.807, 2.05) is 24.4 Å². The lowest BCUT2D eigenvalue weighted by atomic mass is 10.1. The third-order valence-electron chi connectivity index (χ3n) is 4.28. The van der Waals surface area contributed by atoms with Crippen LogP contribution in [0.3, 0.4) is 0 Å². The second-order valence-corrected chi connectivity index (χ2v) is 7.14. The van der Waals surface area contributed by atoms with Gasteiger partial charge in [-0.1, -0.05) is 66.0 Å². The first-order valence-electron chi connectivity index (χ1n) is 8.71. The molecule has 0 atom stereocenters. The number of hydrogen-bond acceptors (Lipinski definition) is 1. The summed E-state index contributed by atoms with van der Waals surface area (Å²) in [7, 11) is 0. The van der Waals surface area contributed by atoms with Crippen LogP contribution in [0.1, 0.15) is 41.9 Å². The highest BCUT2D eigenvalue weighted by atomic mass is 35.5. The van der Waals surface area contributed by atoms with Crippen molar-refractivity contribution in [3.05, 3.63) is 87.4 Å². The fourth-order valence-electron chi connectivity index (χ4n) is 2.94. The second-order valence-electron chi connectivity index (χ2n) is 6.33. The van der Waals surface area contributed by atoms with Crippen molar-refractivity contribution in [1.29, 1.82) is 0 Å². The molecule has 130 valence electrons. The van der Waals surface area contributed by atoms with Crippen LogP contribution in [-0.2, 0) is 19.3 Å². The SMILES string of the molecule is Clc1ccc(Cc2cnc(CCCCCc3ccccc3)[nH]2)cc1Cl. The van der Waals surface area contributed by atoms with Crippen molar-refractivity contribution in [2.45, 2.75) is 38.5 Å². The molecular weight excluding hydrogens is 351 g/mol. The van der Waals surface area contributed by atoms with Crippen molar-refractivity contribution in [2.75, 3.05) is 0 Å². The number of imidazole rings is 1. The molecule has 3 aromatic rings. The van der Waals surface area contributed by atoms with Crippen molar-refractivity contribution in [3.8, 4) is 0 Å². The lowest BCUT2D eigenvalue weighted by Gasteiger charge is -2.02. The molecule has 3 rings (SSSR count). The highest BCUT2D eigenvalue weighted by Gasteiger charge is 2.04. The maximum Gasteiger partial charge on any atom is 0.106 e. The third-order valence-corrected chi connectivity index (χ3v) is 5.02. The van der Waals surface area contributed by atoms with Gasteiger partial charge >= 0.3 is 0 Å². The molecule has 0 aliphatic rings. The van der Waals surface area contributed by atoms with Crippen molar-refractivity contribution < 1.29 is 0 Å². The highest BCUT2D eigenvalue weighted by Crippen LogP contribution is 2.23. The quantitative estimate of drug-likeness (QED) is 0.464. The summed E-state index contributed by atoms with van der Waals surface area (Å²) >= 11 is 12.0. The number of benzene rings is 2. The smallest absolute Gasteiger partial charge is 0.106 e. The Kier molecular flexibility index (Phi) is 6.55. The Morgan fingerprint density at radius 1 is 0.800 bits per heavy atom. The maximum absolute atomic E-state index is 6.07. The summed E-state index contributed by atoms with van der Waals surface area (Å²) < 4.78 is 0. The number of rotatable bonds is 8. The summed E-state index contributed by atoms with van der Waals surface area (Å²) in [6, 6.07) is 16.4. The van der Waals surface area contributed by atoms with E-state index >= 15 is 0 Å². The number of hydrogen-bond donors (Lipinski definition) is 1. The first kappa shape index (κ1) is 18.0. The van der Waals surface area contributed by atoms with Crippen LogP contribution in [0.5, 0.6) is 0 Å². The molecule has 0 aliphatic heterocycles. The number of halogens is 2. The van der Waals surface area contributed by atoms with E-state index in [-0.39, 0.29) is 0 Å². The number of aryl methyl sites for hydroxylation is 2. The number of nitrogens with one attached hydrogen (secondary N) is 1. The molecule has 1 N–H and O–H groups in total. The average Bonchev–Trinajstić information content (AvgIpc) is 3.06. The predicted molar refractivity (Wildman–Crippen MR) is 106 cm³/mol. The fraction of sp³-hybridized carbons (Fsp3) is 0.286. The van der Waals surface area contributed by atoms with Gasteiger partial charge in [0.25, 0.3) is 0 Å². The summed E-state index contributed by atoms with van der Waals surface area (Å²) in [4.78, 5) is 7.91. The number of aromatic amines is 1. The molecule has 0 spiro atoms. The van der Waals surface area contributed by atoms with E-state index in [1.165, 1.54) is 18.4 Å². The van der Waals surface area contributed by atoms with Crippen LogP contribution in [0.15, 0.2) is 54.7 Å². The summed E-state index contributed by atoms with van der Waals surface area (Å²) in [5.41, 5.74) is 3.66. The summed E-state index contributed by atoms with van der Waals surface area (Å²) in [6.07, 6.45) is 8.46. The minimum atomic E-state index is 0.589. The maximum atomic E-state index is 6.07. The zero-order valence-electron chi connectivity index (χ0n) is 14.1. The fourth-order valence-corrected chi connectivity index (χ4v) is 3.26. The molecule has 0 radical (unpaired) electrons. The van der Waals surface area contributed by atoms with Gasteiger partial charge < -0.3 is 4.98 Å². The molecule has 2 aromatic carbocycles. The minimum Gasteiger partial charge on any atom is -0.346 e. The molecule has 2 nitrogen and oxygen atoms in total. The molecule has 0 aliphatic carbocycles. The van der Waals surface area contributed by atoms with E-state index in [4.69, 9.17) is 23.2 Å². The molecule has 0 bridgehead atoms. The summed E-state index contributed by atoms with van der Waals surface area (Å²) in [5, 5.41) is 1.18. The predicted octanol–water partition coefficient (Wildman–Crippen LogP) is 6.26. The Morgan fingerprint density at radius 2 is 1.60 bits per heavy atom. The van der Waals surface area contributed by atoms with Gasteiger partial charge in [-0.05, 0) is 42.5 Å². The van der Waals surface area contributed by atoms with Crippen LogP contribution >= 0.6 is 23.2 Å². The van der Waals surface area contributed by atoms with E-state index in [0.29, 0.717) is 10.0 Å². The van der Waals surface area contributed by atoms with Gasteiger partial charge in [-0.2, -0.15) is 0 Å². The molecule has 1 aromatic heterocycles. The van der Waals surface area contributed by atoms with Gasteiger partial charge in [0.2, 0.25) is 0 Å². The Labute approximate surface area is 159 Å². The Balaban J connectivity index is 1.41. The van der Waals surface area contributed by atoms with Crippen LogP contribution in [0.2, 0.25) is 10.0 Å². The topological polar surface area (TPSA) is 28.7 Å². The largest absolute Gasteiger partial charge is 0.346 e. The zero-order chi connectivity index (χ0) is 17.5. The van der Waals surface area contributed by atoms with Gasteiger partial charge in [-0.3, -0.25) is 0 Å². The van der Waals surface area contributed by atoms with E-state index in [9.17, 15) is 0 Å². The van der Waals surface area contributed by atoms with Crippen molar-refractivity contribution in [3.63, 3.8) is 0 Å². The number of nitrogens with zero attached hydrogens (tertiary/aromatic N) is 1. The molecule has 0 unspecified atom stereocenters. The van der Waals surface area contributed by atoms with Crippen molar-refractivity contribution in [1.82, 2.24) is 9.97 Å². The normalized spacial score (nSPS) is 11.0. The third kappa shape index (κ3) is 5.62. The van der Waals surface area contributed by atoms with Gasteiger partial charge in [0.15, 0.2) is 0 Å². The Morgan fingerprint density at radius 3 is 2.40 bits per heavy atom. The lowest BCUT2D eigenvalue weighted by Crippen LogP contribution is -1.92. The van der Waals surface area contributed by atoms with E-state index in [1.54, 1.807) is 0 Å². The first-order valence-corrected chi connectivity index (χ1v) is 9.47. The van der Waals surface area contributed by atoms with Gasteiger partial charge in [-0.15, -0.1) is 0 Å². The molecule has 0 fully saturated rings. The average molecular weight is 373 g/mol. The summed E-state index contributed by atoms with van der Waals surface area (Å²) in [6.45, 7) is 0. The number of unbranched alkanes of at least 4 members (excludes halogenated alkanes) is 2. The van der Waals surface area contributed by atoms with Crippen LogP contribution in [-0.4, -0.2) is 9.97 Å². The zero-order valence-corrected chi connectivity index (χ0v) is 15.7. The molecular formula is C21H22Cl2N2. The second kappa shape index (κ2) is 9.07. The van der Waals surface area contributed by atoms with Crippen molar-refractivity contribution in [2.24, 2.45) is 0 Å². The van der Waals surface area contributed by atoms with Gasteiger partial charge in [0.05, 0.1) is 10.0 Å². The first-order chi connectivity index (χ1) is 12.2. The van der Waals surface area contributed by atoms with Gasteiger partial charge in [0.1, 0.15) is 5.82 Å². The summed E-state index contributed by atoms with van der Waals surface area (Å²) in [5.74, 6) is 1.06. The van der Waals surface area contributed by atoms with Gasteiger partial charge in [0, 0.05) is 24.7 Å². The molecule has 4 heteroatoms. The monoisotopic (exact) mass is 372 g/mol. The van der Waals surface area contributed by atoms with Crippen LogP contribution in [0.25, 0.3) is 0 Å². The lowest BCUT2D eigenvalue weighted by molar-refractivity contribution is 0.665. The minimum absolute atomic E-state index is 0.589. The number of H-pyrrole nitrogens is 1.